The lowest BCUT2D eigenvalue weighted by atomic mass is 9.94. The van der Waals surface area contributed by atoms with Crippen molar-refractivity contribution in [3.8, 4) is 0 Å². The van der Waals surface area contributed by atoms with Gasteiger partial charge in [-0.15, -0.1) is 0 Å². The summed E-state index contributed by atoms with van der Waals surface area (Å²) < 4.78 is 18.8. The van der Waals surface area contributed by atoms with Gasteiger partial charge in [-0.2, -0.15) is 0 Å². The van der Waals surface area contributed by atoms with Crippen molar-refractivity contribution in [1.82, 2.24) is 4.90 Å². The Morgan fingerprint density at radius 1 is 1.16 bits per heavy atom. The van der Waals surface area contributed by atoms with E-state index in [1.165, 1.54) is 0 Å². The van der Waals surface area contributed by atoms with Gasteiger partial charge in [0.1, 0.15) is 29.8 Å². The van der Waals surface area contributed by atoms with Gasteiger partial charge in [-0.1, -0.05) is 38.5 Å². The molecule has 2 aliphatic rings. The first-order valence-corrected chi connectivity index (χ1v) is 10.4. The molecular weight excluding hydrogens is 338 g/mol. The van der Waals surface area contributed by atoms with Gasteiger partial charge in [0.05, 0.1) is 0 Å². The molecule has 0 aliphatic carbocycles. The smallest absolute Gasteiger partial charge is 0.161 e. The molecule has 0 aromatic carbocycles. The van der Waals surface area contributed by atoms with E-state index in [0.29, 0.717) is 6.61 Å². The second-order valence-electron chi connectivity index (χ2n) is 7.12. The maximum Gasteiger partial charge on any atom is 0.161 e. The van der Waals surface area contributed by atoms with E-state index >= 15 is 0 Å². The van der Waals surface area contributed by atoms with E-state index < -0.39 is 0 Å². The minimum atomic E-state index is -0.172. The first-order valence-electron chi connectivity index (χ1n) is 9.55. The van der Waals surface area contributed by atoms with Crippen LogP contribution < -0.4 is 5.73 Å². The predicted molar refractivity (Wildman–Crippen MR) is 104 cm³/mol. The van der Waals surface area contributed by atoms with Crippen molar-refractivity contribution in [2.24, 2.45) is 10.7 Å². The average molecular weight is 374 g/mol. The Labute approximate surface area is 156 Å². The largest absolute Gasteiger partial charge is 0.373 e. The zero-order valence-corrected chi connectivity index (χ0v) is 17.1. The zero-order valence-electron chi connectivity index (χ0n) is 16.3. The minimum Gasteiger partial charge on any atom is -0.373 e. The lowest BCUT2D eigenvalue weighted by Crippen LogP contribution is -2.61. The number of ether oxygens (including phenoxy) is 3. The summed E-state index contributed by atoms with van der Waals surface area (Å²) in [4.78, 5) is 6.91. The van der Waals surface area contributed by atoms with Crippen LogP contribution in [-0.2, 0) is 14.2 Å². The van der Waals surface area contributed by atoms with Crippen molar-refractivity contribution in [2.75, 3.05) is 27.3 Å². The first kappa shape index (κ1) is 21.0. The number of hydrogen-bond acceptors (Lipinski definition) is 7. The summed E-state index contributed by atoms with van der Waals surface area (Å²) in [6.07, 6.45) is 3.82. The van der Waals surface area contributed by atoms with Crippen LogP contribution in [0.25, 0.3) is 0 Å². The molecule has 146 valence electrons. The number of aliphatic imine (C=N–C) groups is 1. The van der Waals surface area contributed by atoms with Crippen LogP contribution in [0.1, 0.15) is 46.5 Å². The lowest BCUT2D eigenvalue weighted by Gasteiger charge is -2.44. The molecule has 2 rings (SSSR count). The summed E-state index contributed by atoms with van der Waals surface area (Å²) >= 11 is 1.66. The third-order valence-electron chi connectivity index (χ3n) is 4.55. The van der Waals surface area contributed by atoms with Crippen LogP contribution >= 0.6 is 11.8 Å². The normalized spacial score (nSPS) is 33.0. The fraction of sp³-hybridized carbons (Fsp3) is 0.944. The molecule has 7 heteroatoms. The fourth-order valence-corrected chi connectivity index (χ4v) is 4.24. The van der Waals surface area contributed by atoms with Crippen molar-refractivity contribution in [2.45, 2.75) is 82.3 Å². The Hall–Kier alpha value is -0.340. The molecule has 0 saturated carbocycles. The van der Waals surface area contributed by atoms with Gasteiger partial charge in [-0.05, 0) is 19.8 Å². The summed E-state index contributed by atoms with van der Waals surface area (Å²) in [7, 11) is 4.02. The summed E-state index contributed by atoms with van der Waals surface area (Å²) in [5.74, 6) is 0. The monoisotopic (exact) mass is 373 g/mol. The van der Waals surface area contributed by atoms with E-state index in [1.54, 1.807) is 11.8 Å². The highest BCUT2D eigenvalue weighted by Crippen LogP contribution is 2.39. The molecule has 1 saturated heterocycles. The lowest BCUT2D eigenvalue weighted by molar-refractivity contribution is -0.195. The molecule has 2 N–H and O–H groups in total. The maximum atomic E-state index is 6.32. The van der Waals surface area contributed by atoms with Crippen LogP contribution in [0.5, 0.6) is 0 Å². The highest BCUT2D eigenvalue weighted by molar-refractivity contribution is 8.14. The van der Waals surface area contributed by atoms with Crippen LogP contribution in [0.4, 0.5) is 0 Å². The van der Waals surface area contributed by atoms with Gasteiger partial charge in [-0.3, -0.25) is 4.99 Å². The number of amidine groups is 1. The summed E-state index contributed by atoms with van der Waals surface area (Å²) in [6.45, 7) is 7.75. The topological polar surface area (TPSA) is 69.3 Å². The molecule has 6 atom stereocenters. The SMILES string of the molecule is CCCCO[C@@H]1[C@H]2N=C(N(C)C)S[C@H]2O[C@H](C(C)N)[C@H]1OCCCC. The van der Waals surface area contributed by atoms with Crippen LogP contribution in [0.15, 0.2) is 4.99 Å². The molecule has 0 bridgehead atoms. The first-order chi connectivity index (χ1) is 12.0. The van der Waals surface area contributed by atoms with Crippen LogP contribution in [0.3, 0.4) is 0 Å². The van der Waals surface area contributed by atoms with Crippen molar-refractivity contribution >= 4 is 16.9 Å². The Balaban J connectivity index is 2.19. The Morgan fingerprint density at radius 3 is 2.28 bits per heavy atom. The zero-order chi connectivity index (χ0) is 18.4. The van der Waals surface area contributed by atoms with Gasteiger partial charge in [0, 0.05) is 33.4 Å². The molecule has 1 unspecified atom stereocenters. The molecule has 2 heterocycles. The maximum absolute atomic E-state index is 6.32. The molecule has 0 spiro atoms. The third kappa shape index (κ3) is 5.32. The van der Waals surface area contributed by atoms with Gasteiger partial charge in [0.25, 0.3) is 0 Å². The predicted octanol–water partition coefficient (Wildman–Crippen LogP) is 2.46. The molecule has 0 radical (unpaired) electrons. The summed E-state index contributed by atoms with van der Waals surface area (Å²) in [5.41, 5.74) is 6.19. The van der Waals surface area contributed by atoms with E-state index in [-0.39, 0.29) is 35.8 Å². The van der Waals surface area contributed by atoms with Crippen molar-refractivity contribution in [1.29, 1.82) is 0 Å². The molecule has 0 aromatic heterocycles. The molecule has 0 aromatic rings. The highest BCUT2D eigenvalue weighted by atomic mass is 32.2. The number of fused-ring (bicyclic) bond motifs is 1. The van der Waals surface area contributed by atoms with Gasteiger partial charge in [0.15, 0.2) is 5.17 Å². The molecule has 25 heavy (non-hydrogen) atoms. The molecule has 6 nitrogen and oxygen atoms in total. The van der Waals surface area contributed by atoms with Gasteiger partial charge < -0.3 is 24.8 Å². The Bertz CT molecular complexity index is 434. The van der Waals surface area contributed by atoms with E-state index in [0.717, 1.165) is 37.5 Å². The quantitative estimate of drug-likeness (QED) is 0.626. The number of hydrogen-bond donors (Lipinski definition) is 1. The summed E-state index contributed by atoms with van der Waals surface area (Å²) in [5, 5.41) is 0.983. The van der Waals surface area contributed by atoms with E-state index in [2.05, 4.69) is 13.8 Å². The second kappa shape index (κ2) is 10.1. The second-order valence-corrected chi connectivity index (χ2v) is 8.19. The van der Waals surface area contributed by atoms with Gasteiger partial charge in [-0.25, -0.2) is 0 Å². The molecule has 2 aliphatic heterocycles. The number of nitrogens with zero attached hydrogens (tertiary/aromatic N) is 2. The van der Waals surface area contributed by atoms with Gasteiger partial charge in [0.2, 0.25) is 0 Å². The number of nitrogens with two attached hydrogens (primary N) is 1. The van der Waals surface area contributed by atoms with Gasteiger partial charge >= 0.3 is 0 Å². The number of thioether (sulfide) groups is 1. The van der Waals surface area contributed by atoms with Crippen molar-refractivity contribution < 1.29 is 14.2 Å². The average Bonchev–Trinajstić information content (AvgIpc) is 3.00. The fourth-order valence-electron chi connectivity index (χ4n) is 3.10. The van der Waals surface area contributed by atoms with Crippen LogP contribution in [-0.4, -0.2) is 73.2 Å². The van der Waals surface area contributed by atoms with Crippen LogP contribution in [0, 0.1) is 0 Å². The number of rotatable bonds is 9. The minimum absolute atomic E-state index is 0.0408. The molecule has 0 amide bonds. The summed E-state index contributed by atoms with van der Waals surface area (Å²) in [6, 6.07) is -0.158. The molecular formula is C18H35N3O3S. The van der Waals surface area contributed by atoms with Crippen LogP contribution in [0.2, 0.25) is 0 Å². The standard InChI is InChI=1S/C18H35N3O3S/c1-6-8-10-22-15-13-17(25-18(20-13)21(4)5)24-14(12(3)19)16(15)23-11-9-7-2/h12-17H,6-11,19H2,1-5H3/t12?,13-,14-,15-,16-,17-/m1/s1. The van der Waals surface area contributed by atoms with E-state index in [9.17, 15) is 0 Å². The third-order valence-corrected chi connectivity index (χ3v) is 5.86. The van der Waals surface area contributed by atoms with E-state index in [4.69, 9.17) is 24.9 Å². The Kier molecular flexibility index (Phi) is 8.48. The van der Waals surface area contributed by atoms with E-state index in [1.807, 2.05) is 25.9 Å². The Morgan fingerprint density at radius 2 is 1.76 bits per heavy atom. The van der Waals surface area contributed by atoms with Crippen molar-refractivity contribution in [3.63, 3.8) is 0 Å². The van der Waals surface area contributed by atoms with Crippen molar-refractivity contribution in [3.05, 3.63) is 0 Å². The molecule has 1 fully saturated rings. The number of unbranched alkanes of at least 4 members (excludes halogenated alkanes) is 2. The highest BCUT2D eigenvalue weighted by Gasteiger charge is 2.51.